The topological polar surface area (TPSA) is 38.9 Å². The van der Waals surface area contributed by atoms with Crippen LogP contribution in [0.5, 0.6) is 0 Å². The second kappa shape index (κ2) is 4.10. The van der Waals surface area contributed by atoms with Gasteiger partial charge in [-0.15, -0.1) is 0 Å². The lowest BCUT2D eigenvalue weighted by Crippen LogP contribution is -2.25. The second-order valence-corrected chi connectivity index (χ2v) is 3.10. The normalized spacial score (nSPS) is 13.4. The molecule has 1 aromatic heterocycles. The Labute approximate surface area is 82.1 Å². The van der Waals surface area contributed by atoms with Gasteiger partial charge in [0.25, 0.3) is 0 Å². The third-order valence-electron chi connectivity index (χ3n) is 1.61. The van der Waals surface area contributed by atoms with Crippen LogP contribution in [0.15, 0.2) is 23.9 Å². The summed E-state index contributed by atoms with van der Waals surface area (Å²) < 4.78 is 0. The Kier molecular flexibility index (Phi) is 3.09. The third kappa shape index (κ3) is 2.60. The van der Waals surface area contributed by atoms with Crippen LogP contribution >= 0.6 is 11.6 Å². The van der Waals surface area contributed by atoms with Gasteiger partial charge in [-0.2, -0.15) is 0 Å². The van der Waals surface area contributed by atoms with E-state index in [0.717, 1.165) is 10.4 Å². The largest absolute Gasteiger partial charge is 0.384 e. The van der Waals surface area contributed by atoms with Crippen molar-refractivity contribution in [3.05, 3.63) is 34.3 Å². The highest BCUT2D eigenvalue weighted by Crippen LogP contribution is 1.96. The maximum Gasteiger partial charge on any atom is 0.123 e. The minimum absolute atomic E-state index is 0.480. The highest BCUT2D eigenvalue weighted by molar-refractivity contribution is 6.33. The molecule has 0 aliphatic carbocycles. The van der Waals surface area contributed by atoms with E-state index in [9.17, 15) is 0 Å². The molecule has 0 aromatic carbocycles. The molecule has 0 radical (unpaired) electrons. The predicted octanol–water partition coefficient (Wildman–Crippen LogP) is 0.997. The highest BCUT2D eigenvalue weighted by Gasteiger charge is 1.88. The average Bonchev–Trinajstić information content (AvgIpc) is 2.03. The van der Waals surface area contributed by atoms with Crippen molar-refractivity contribution in [1.82, 2.24) is 4.98 Å². The van der Waals surface area contributed by atoms with Gasteiger partial charge in [-0.3, -0.25) is 0 Å². The molecule has 0 aliphatic rings. The monoisotopic (exact) mass is 194 g/mol. The van der Waals surface area contributed by atoms with Crippen LogP contribution in [0.25, 0.3) is 12.2 Å². The van der Waals surface area contributed by atoms with E-state index in [1.807, 2.05) is 13.0 Å². The second-order valence-electron chi connectivity index (χ2n) is 2.62. The third-order valence-corrected chi connectivity index (χ3v) is 1.72. The number of nitrogens with zero attached hydrogens (tertiary/aromatic N) is 1. The van der Waals surface area contributed by atoms with E-state index in [2.05, 4.69) is 11.6 Å². The summed E-state index contributed by atoms with van der Waals surface area (Å²) in [5, 5.41) is 2.42. The van der Waals surface area contributed by atoms with Gasteiger partial charge in [-0.25, -0.2) is 4.98 Å². The number of nitrogen functional groups attached to an aromatic ring is 1. The maximum absolute atomic E-state index is 5.67. The summed E-state index contributed by atoms with van der Waals surface area (Å²) in [5.41, 5.74) is 5.54. The van der Waals surface area contributed by atoms with Crippen LogP contribution in [-0.4, -0.2) is 4.98 Å². The number of rotatable bonds is 1. The van der Waals surface area contributed by atoms with E-state index in [1.54, 1.807) is 18.3 Å². The lowest BCUT2D eigenvalue weighted by atomic mass is 10.2. The molecule has 1 aromatic rings. The van der Waals surface area contributed by atoms with Gasteiger partial charge in [0.2, 0.25) is 0 Å². The molecule has 0 spiro atoms. The van der Waals surface area contributed by atoms with Crippen molar-refractivity contribution in [2.45, 2.75) is 6.92 Å². The van der Waals surface area contributed by atoms with E-state index in [0.29, 0.717) is 10.9 Å². The summed E-state index contributed by atoms with van der Waals surface area (Å²) in [7, 11) is 0. The van der Waals surface area contributed by atoms with Crippen LogP contribution in [0.2, 0.25) is 0 Å². The quantitative estimate of drug-likeness (QED) is 0.725. The minimum Gasteiger partial charge on any atom is -0.384 e. The van der Waals surface area contributed by atoms with Crippen molar-refractivity contribution in [3.8, 4) is 0 Å². The van der Waals surface area contributed by atoms with E-state index in [4.69, 9.17) is 17.3 Å². The Morgan fingerprint density at radius 2 is 2.31 bits per heavy atom. The molecule has 1 heterocycles. The first kappa shape index (κ1) is 9.81. The predicted molar refractivity (Wildman–Crippen MR) is 57.5 cm³/mol. The van der Waals surface area contributed by atoms with Crippen LogP contribution in [-0.2, 0) is 0 Å². The van der Waals surface area contributed by atoms with Crippen molar-refractivity contribution in [1.29, 1.82) is 0 Å². The molecule has 13 heavy (non-hydrogen) atoms. The van der Waals surface area contributed by atoms with Crippen LogP contribution < -0.4 is 16.2 Å². The van der Waals surface area contributed by atoms with Gasteiger partial charge < -0.3 is 5.73 Å². The zero-order valence-electron chi connectivity index (χ0n) is 7.42. The summed E-state index contributed by atoms with van der Waals surface area (Å²) in [5.74, 6) is 0.481. The van der Waals surface area contributed by atoms with Gasteiger partial charge in [-0.05, 0) is 29.5 Å². The number of allylic oxidation sites excluding steroid dienone is 1. The van der Waals surface area contributed by atoms with E-state index >= 15 is 0 Å². The molecule has 68 valence electrons. The van der Waals surface area contributed by atoms with Crippen LogP contribution in [0.4, 0.5) is 5.82 Å². The van der Waals surface area contributed by atoms with Crippen molar-refractivity contribution in [3.63, 3.8) is 0 Å². The van der Waals surface area contributed by atoms with Gasteiger partial charge in [0.15, 0.2) is 0 Å². The molecule has 0 unspecified atom stereocenters. The maximum atomic E-state index is 5.67. The van der Waals surface area contributed by atoms with Crippen molar-refractivity contribution in [2.75, 3.05) is 5.73 Å². The fourth-order valence-electron chi connectivity index (χ4n) is 1.03. The summed E-state index contributed by atoms with van der Waals surface area (Å²) in [4.78, 5) is 3.97. The minimum atomic E-state index is 0.480. The van der Waals surface area contributed by atoms with Crippen molar-refractivity contribution >= 4 is 29.6 Å². The van der Waals surface area contributed by atoms with Crippen LogP contribution in [0, 0.1) is 0 Å². The molecule has 0 amide bonds. The SMILES string of the molecule is C=C(Cl)/C=c1/cc(N)nc/c1=C/C. The molecule has 2 N–H and O–H groups in total. The number of hydrogen-bond acceptors (Lipinski definition) is 2. The van der Waals surface area contributed by atoms with Gasteiger partial charge in [0.1, 0.15) is 5.82 Å². The Morgan fingerprint density at radius 3 is 2.85 bits per heavy atom. The fourth-order valence-corrected chi connectivity index (χ4v) is 1.15. The standard InChI is InChI=1S/C10H11ClN2/c1-3-8-6-13-10(12)5-9(8)4-7(2)11/h3-6H,2,12H2,1H3/b8-3-,9-4-. The summed E-state index contributed by atoms with van der Waals surface area (Å²) in [6.45, 7) is 5.52. The van der Waals surface area contributed by atoms with E-state index in [-0.39, 0.29) is 0 Å². The Morgan fingerprint density at radius 1 is 1.62 bits per heavy atom. The summed E-state index contributed by atoms with van der Waals surface area (Å²) >= 11 is 5.67. The molecule has 0 saturated carbocycles. The number of hydrogen-bond donors (Lipinski definition) is 1. The number of anilines is 1. The number of pyridine rings is 1. The van der Waals surface area contributed by atoms with Gasteiger partial charge in [0, 0.05) is 11.2 Å². The van der Waals surface area contributed by atoms with Crippen molar-refractivity contribution in [2.24, 2.45) is 0 Å². The summed E-state index contributed by atoms with van der Waals surface area (Å²) in [6, 6.07) is 1.77. The molecule has 0 atom stereocenters. The molecule has 3 heteroatoms. The molecule has 0 aliphatic heterocycles. The van der Waals surface area contributed by atoms with Crippen LogP contribution in [0.3, 0.4) is 0 Å². The summed E-state index contributed by atoms with van der Waals surface area (Å²) in [6.07, 6.45) is 5.41. The lowest BCUT2D eigenvalue weighted by molar-refractivity contribution is 1.28. The van der Waals surface area contributed by atoms with Gasteiger partial charge in [-0.1, -0.05) is 24.3 Å². The Balaban J connectivity index is 3.51. The molecule has 1 rings (SSSR count). The number of aromatic nitrogens is 1. The van der Waals surface area contributed by atoms with Gasteiger partial charge >= 0.3 is 0 Å². The van der Waals surface area contributed by atoms with Gasteiger partial charge in [0.05, 0.1) is 0 Å². The molecule has 0 fully saturated rings. The Hall–Kier alpha value is -1.28. The molecule has 2 nitrogen and oxygen atoms in total. The zero-order chi connectivity index (χ0) is 9.84. The lowest BCUT2D eigenvalue weighted by Gasteiger charge is -1.92. The van der Waals surface area contributed by atoms with Crippen molar-refractivity contribution < 1.29 is 0 Å². The highest BCUT2D eigenvalue weighted by atomic mass is 35.5. The fraction of sp³-hybridized carbons (Fsp3) is 0.100. The Bertz CT molecular complexity index is 435. The molecular formula is C10H11ClN2. The first-order valence-electron chi connectivity index (χ1n) is 3.87. The first-order valence-corrected chi connectivity index (χ1v) is 4.25. The number of nitrogens with two attached hydrogens (primary N) is 1. The number of halogens is 1. The first-order chi connectivity index (χ1) is 6.13. The molecular weight excluding hydrogens is 184 g/mol. The molecule has 0 bridgehead atoms. The van der Waals surface area contributed by atoms with E-state index in [1.165, 1.54) is 0 Å². The average molecular weight is 195 g/mol. The van der Waals surface area contributed by atoms with Crippen LogP contribution in [0.1, 0.15) is 6.92 Å². The van der Waals surface area contributed by atoms with E-state index < -0.39 is 0 Å². The molecule has 0 saturated heterocycles. The zero-order valence-corrected chi connectivity index (χ0v) is 8.17. The smallest absolute Gasteiger partial charge is 0.123 e.